The first-order chi connectivity index (χ1) is 10.6. The van der Waals surface area contributed by atoms with E-state index in [1.807, 2.05) is 5.32 Å². The first-order valence-electron chi connectivity index (χ1n) is 6.76. The summed E-state index contributed by atoms with van der Waals surface area (Å²) in [6.07, 6.45) is -3.86. The highest BCUT2D eigenvalue weighted by molar-refractivity contribution is 7.88. The Hall–Kier alpha value is -1.81. The number of halogens is 3. The van der Waals surface area contributed by atoms with Crippen LogP contribution in [0.5, 0.6) is 0 Å². The van der Waals surface area contributed by atoms with E-state index in [0.717, 1.165) is 6.26 Å². The molecule has 1 fully saturated rings. The number of rotatable bonds is 3. The summed E-state index contributed by atoms with van der Waals surface area (Å²) >= 11 is 0. The third-order valence-corrected chi connectivity index (χ3v) is 4.76. The summed E-state index contributed by atoms with van der Waals surface area (Å²) in [5, 5.41) is 1.85. The van der Waals surface area contributed by atoms with Crippen molar-refractivity contribution in [3.63, 3.8) is 0 Å². The van der Waals surface area contributed by atoms with Gasteiger partial charge in [0.2, 0.25) is 10.0 Å². The molecule has 0 radical (unpaired) electrons. The molecule has 1 heterocycles. The van der Waals surface area contributed by atoms with Gasteiger partial charge >= 0.3 is 12.1 Å². The third-order valence-electron chi connectivity index (χ3n) is 3.46. The molecule has 0 unspecified atom stereocenters. The number of alkyl halides is 3. The van der Waals surface area contributed by atoms with Crippen LogP contribution >= 0.6 is 0 Å². The molecule has 10 heteroatoms. The van der Waals surface area contributed by atoms with Gasteiger partial charge in [0.05, 0.1) is 17.6 Å². The molecule has 0 aliphatic carbocycles. The number of carbonyl (C=O) groups is 1. The lowest BCUT2D eigenvalue weighted by Gasteiger charge is -2.35. The molecule has 1 aromatic carbocycles. The number of hydrogen-bond acceptors (Lipinski definition) is 4. The lowest BCUT2D eigenvalue weighted by molar-refractivity contribution is -0.167. The molecule has 128 valence electrons. The van der Waals surface area contributed by atoms with E-state index >= 15 is 0 Å². The molecule has 23 heavy (non-hydrogen) atoms. The smallest absolute Gasteiger partial charge is 0.367 e. The fraction of sp³-hybridized carbons (Fsp3) is 0.462. The summed E-state index contributed by atoms with van der Waals surface area (Å²) in [5.74, 6) is -2.04. The van der Waals surface area contributed by atoms with Gasteiger partial charge in [-0.15, -0.1) is 0 Å². The molecular formula is C13H16F3N3O3S. The summed E-state index contributed by atoms with van der Waals surface area (Å²) in [7, 11) is -3.29. The van der Waals surface area contributed by atoms with E-state index < -0.39 is 22.1 Å². The average molecular weight is 351 g/mol. The maximum atomic E-state index is 12.4. The zero-order valence-electron chi connectivity index (χ0n) is 12.3. The largest absolute Gasteiger partial charge is 0.471 e. The van der Waals surface area contributed by atoms with Gasteiger partial charge in [-0.3, -0.25) is 4.79 Å². The molecule has 1 amide bonds. The predicted octanol–water partition coefficient (Wildman–Crippen LogP) is 1.27. The first-order valence-corrected chi connectivity index (χ1v) is 8.61. The first kappa shape index (κ1) is 17.5. The average Bonchev–Trinajstić information content (AvgIpc) is 2.46. The normalized spacial score (nSPS) is 17.1. The fourth-order valence-electron chi connectivity index (χ4n) is 2.31. The molecule has 2 rings (SSSR count). The lowest BCUT2D eigenvalue weighted by Crippen LogP contribution is -2.48. The van der Waals surface area contributed by atoms with Gasteiger partial charge in [0, 0.05) is 26.2 Å². The molecule has 1 aromatic rings. The van der Waals surface area contributed by atoms with Gasteiger partial charge in [-0.25, -0.2) is 8.42 Å². The van der Waals surface area contributed by atoms with Crippen molar-refractivity contribution in [1.82, 2.24) is 4.31 Å². The van der Waals surface area contributed by atoms with E-state index in [2.05, 4.69) is 0 Å². The van der Waals surface area contributed by atoms with E-state index in [0.29, 0.717) is 18.8 Å². The Labute approximate surface area is 131 Å². The van der Waals surface area contributed by atoms with Crippen molar-refractivity contribution in [1.29, 1.82) is 0 Å². The molecule has 1 N–H and O–H groups in total. The molecule has 1 aliphatic rings. The number of benzene rings is 1. The Morgan fingerprint density at radius 3 is 2.22 bits per heavy atom. The van der Waals surface area contributed by atoms with Gasteiger partial charge in [0.1, 0.15) is 0 Å². The SMILES string of the molecule is CS(=O)(=O)N1CCN(c2ccccc2NC(=O)C(F)(F)F)CC1. The van der Waals surface area contributed by atoms with Crippen molar-refractivity contribution in [2.75, 3.05) is 42.7 Å². The van der Waals surface area contributed by atoms with Crippen molar-refractivity contribution in [2.24, 2.45) is 0 Å². The van der Waals surface area contributed by atoms with Crippen LogP contribution in [0.1, 0.15) is 0 Å². The lowest BCUT2D eigenvalue weighted by atomic mass is 10.2. The quantitative estimate of drug-likeness (QED) is 0.890. The Kier molecular flexibility index (Phi) is 4.85. The number of hydrogen-bond donors (Lipinski definition) is 1. The highest BCUT2D eigenvalue weighted by Crippen LogP contribution is 2.28. The topological polar surface area (TPSA) is 69.7 Å². The van der Waals surface area contributed by atoms with Crippen molar-refractivity contribution in [3.05, 3.63) is 24.3 Å². The van der Waals surface area contributed by atoms with E-state index in [4.69, 9.17) is 0 Å². The molecule has 0 aromatic heterocycles. The minimum Gasteiger partial charge on any atom is -0.367 e. The fourth-order valence-corrected chi connectivity index (χ4v) is 3.14. The minimum atomic E-state index is -4.97. The van der Waals surface area contributed by atoms with Gasteiger partial charge in [-0.05, 0) is 12.1 Å². The number of piperazine rings is 1. The van der Waals surface area contributed by atoms with Crippen LogP contribution in [-0.2, 0) is 14.8 Å². The van der Waals surface area contributed by atoms with Gasteiger partial charge in [-0.1, -0.05) is 12.1 Å². The zero-order chi connectivity index (χ0) is 17.3. The summed E-state index contributed by atoms with van der Waals surface area (Å²) in [6, 6.07) is 6.12. The maximum absolute atomic E-state index is 12.4. The Morgan fingerprint density at radius 2 is 1.70 bits per heavy atom. The number of carbonyl (C=O) groups excluding carboxylic acids is 1. The molecule has 0 saturated carbocycles. The molecule has 0 spiro atoms. The maximum Gasteiger partial charge on any atom is 0.471 e. The third kappa shape index (κ3) is 4.35. The van der Waals surface area contributed by atoms with Crippen molar-refractivity contribution < 1.29 is 26.4 Å². The number of anilines is 2. The second-order valence-electron chi connectivity index (χ2n) is 5.12. The van der Waals surface area contributed by atoms with Crippen LogP contribution in [0.4, 0.5) is 24.5 Å². The van der Waals surface area contributed by atoms with Gasteiger partial charge in [0.25, 0.3) is 0 Å². The van der Waals surface area contributed by atoms with Gasteiger partial charge < -0.3 is 10.2 Å². The summed E-state index contributed by atoms with van der Waals surface area (Å²) in [6.45, 7) is 1.12. The van der Waals surface area contributed by atoms with Gasteiger partial charge in [-0.2, -0.15) is 17.5 Å². The van der Waals surface area contributed by atoms with Crippen LogP contribution < -0.4 is 10.2 Å². The van der Waals surface area contributed by atoms with Crippen LogP contribution in [0.15, 0.2) is 24.3 Å². The molecular weight excluding hydrogens is 335 g/mol. The van der Waals surface area contributed by atoms with Crippen LogP contribution in [0.25, 0.3) is 0 Å². The highest BCUT2D eigenvalue weighted by atomic mass is 32.2. The Balaban J connectivity index is 2.14. The number of sulfonamides is 1. The minimum absolute atomic E-state index is 0.0441. The number of nitrogens with one attached hydrogen (secondary N) is 1. The number of nitrogens with zero attached hydrogens (tertiary/aromatic N) is 2. The van der Waals surface area contributed by atoms with E-state index in [1.165, 1.54) is 16.4 Å². The van der Waals surface area contributed by atoms with Crippen LogP contribution in [0.2, 0.25) is 0 Å². The van der Waals surface area contributed by atoms with Crippen molar-refractivity contribution in [3.8, 4) is 0 Å². The molecule has 6 nitrogen and oxygen atoms in total. The van der Waals surface area contributed by atoms with Crippen molar-refractivity contribution in [2.45, 2.75) is 6.18 Å². The predicted molar refractivity (Wildman–Crippen MR) is 79.8 cm³/mol. The van der Waals surface area contributed by atoms with Crippen molar-refractivity contribution >= 4 is 27.3 Å². The van der Waals surface area contributed by atoms with E-state index in [9.17, 15) is 26.4 Å². The highest BCUT2D eigenvalue weighted by Gasteiger charge is 2.39. The molecule has 1 aliphatic heterocycles. The second kappa shape index (κ2) is 6.36. The summed E-state index contributed by atoms with van der Waals surface area (Å²) < 4.78 is 61.4. The van der Waals surface area contributed by atoms with E-state index in [-0.39, 0.29) is 18.8 Å². The monoisotopic (exact) mass is 351 g/mol. The number of amides is 1. The standard InChI is InChI=1S/C13H16F3N3O3S/c1-23(21,22)19-8-6-18(7-9-19)11-5-3-2-4-10(11)17-12(20)13(14,15)16/h2-5H,6-9H2,1H3,(H,17,20). The zero-order valence-corrected chi connectivity index (χ0v) is 13.1. The van der Waals surface area contributed by atoms with Crippen LogP contribution in [0, 0.1) is 0 Å². The summed E-state index contributed by atoms with van der Waals surface area (Å²) in [5.41, 5.74) is 0.473. The second-order valence-corrected chi connectivity index (χ2v) is 7.10. The molecule has 0 atom stereocenters. The van der Waals surface area contributed by atoms with E-state index in [1.54, 1.807) is 17.0 Å². The summed E-state index contributed by atoms with van der Waals surface area (Å²) in [4.78, 5) is 12.9. The van der Waals surface area contributed by atoms with Crippen LogP contribution in [0.3, 0.4) is 0 Å². The van der Waals surface area contributed by atoms with Gasteiger partial charge in [0.15, 0.2) is 0 Å². The Morgan fingerprint density at radius 1 is 1.13 bits per heavy atom. The molecule has 0 bridgehead atoms. The Bertz CT molecular complexity index is 683. The number of para-hydroxylation sites is 2. The molecule has 1 saturated heterocycles. The van der Waals surface area contributed by atoms with Crippen LogP contribution in [-0.4, -0.2) is 57.2 Å².